The van der Waals surface area contributed by atoms with Crippen molar-refractivity contribution in [1.29, 1.82) is 0 Å². The molecular formula is C24H24N4O2. The number of aromatic nitrogens is 2. The highest BCUT2D eigenvalue weighted by molar-refractivity contribution is 5.98. The number of likely N-dealkylation sites (tertiary alicyclic amines) is 1. The molecule has 1 saturated heterocycles. The average Bonchev–Trinajstić information content (AvgIpc) is 3.25. The number of nitrogens with zero attached hydrogens (tertiary/aromatic N) is 3. The first kappa shape index (κ1) is 19.6. The van der Waals surface area contributed by atoms with Crippen molar-refractivity contribution < 1.29 is 9.59 Å². The molecule has 3 aromatic rings. The minimum absolute atomic E-state index is 0.00177. The van der Waals surface area contributed by atoms with Gasteiger partial charge in [0.2, 0.25) is 5.91 Å². The Morgan fingerprint density at radius 2 is 1.70 bits per heavy atom. The number of hydrogen-bond donors (Lipinski definition) is 1. The highest BCUT2D eigenvalue weighted by atomic mass is 16.2. The molecule has 0 saturated carbocycles. The maximum absolute atomic E-state index is 12.1. The van der Waals surface area contributed by atoms with E-state index in [1.165, 1.54) is 6.08 Å². The van der Waals surface area contributed by atoms with Crippen molar-refractivity contribution in [3.8, 4) is 22.4 Å². The standard InChI is InChI=1S/C24H24N4O2/c1-2-22(29)27-14-6-9-20(15-27)28-16-21(24(25)30)23(26-28)19-12-10-18(11-13-19)17-7-4-3-5-8-17/h2-5,7-8,10-13,16,20H,1,6,9,14-15H2,(H2,25,30). The molecule has 2 heterocycles. The lowest BCUT2D eigenvalue weighted by Gasteiger charge is -2.32. The van der Waals surface area contributed by atoms with Crippen LogP contribution in [0, 0.1) is 0 Å². The van der Waals surface area contributed by atoms with E-state index in [9.17, 15) is 9.59 Å². The van der Waals surface area contributed by atoms with Crippen molar-refractivity contribution in [3.05, 3.63) is 79.0 Å². The zero-order valence-electron chi connectivity index (χ0n) is 16.7. The van der Waals surface area contributed by atoms with E-state index in [-0.39, 0.29) is 11.9 Å². The summed E-state index contributed by atoms with van der Waals surface area (Å²) in [6.07, 6.45) is 4.79. The fraction of sp³-hybridized carbons (Fsp3) is 0.208. The number of rotatable bonds is 5. The van der Waals surface area contributed by atoms with Crippen molar-refractivity contribution in [2.24, 2.45) is 5.73 Å². The number of primary amides is 1. The van der Waals surface area contributed by atoms with E-state index in [4.69, 9.17) is 10.8 Å². The molecule has 0 aliphatic carbocycles. The number of carbonyl (C=O) groups is 2. The molecule has 1 aliphatic rings. The Hall–Kier alpha value is -3.67. The smallest absolute Gasteiger partial charge is 0.252 e. The topological polar surface area (TPSA) is 81.2 Å². The fourth-order valence-electron chi connectivity index (χ4n) is 3.92. The molecule has 1 unspecified atom stereocenters. The summed E-state index contributed by atoms with van der Waals surface area (Å²) < 4.78 is 1.78. The van der Waals surface area contributed by atoms with Crippen LogP contribution in [0.4, 0.5) is 0 Å². The maximum Gasteiger partial charge on any atom is 0.252 e. The van der Waals surface area contributed by atoms with Crippen LogP contribution < -0.4 is 5.73 Å². The van der Waals surface area contributed by atoms with Crippen LogP contribution in [0.3, 0.4) is 0 Å². The quantitative estimate of drug-likeness (QED) is 0.664. The van der Waals surface area contributed by atoms with Gasteiger partial charge in [-0.2, -0.15) is 5.10 Å². The summed E-state index contributed by atoms with van der Waals surface area (Å²) in [5.74, 6) is -0.600. The van der Waals surface area contributed by atoms with Gasteiger partial charge in [-0.05, 0) is 30.0 Å². The van der Waals surface area contributed by atoms with Crippen molar-refractivity contribution in [3.63, 3.8) is 0 Å². The van der Waals surface area contributed by atoms with Crippen LogP contribution in [0.5, 0.6) is 0 Å². The van der Waals surface area contributed by atoms with Gasteiger partial charge in [-0.3, -0.25) is 14.3 Å². The predicted molar refractivity (Wildman–Crippen MR) is 117 cm³/mol. The SMILES string of the molecule is C=CC(=O)N1CCCC(n2cc(C(N)=O)c(-c3ccc(-c4ccccc4)cc3)n2)C1. The largest absolute Gasteiger partial charge is 0.365 e. The third kappa shape index (κ3) is 3.89. The van der Waals surface area contributed by atoms with Gasteiger partial charge in [-0.15, -0.1) is 0 Å². The van der Waals surface area contributed by atoms with E-state index >= 15 is 0 Å². The van der Waals surface area contributed by atoms with Crippen molar-refractivity contribution in [2.45, 2.75) is 18.9 Å². The molecule has 6 nitrogen and oxygen atoms in total. The van der Waals surface area contributed by atoms with Crippen molar-refractivity contribution in [2.75, 3.05) is 13.1 Å². The minimum atomic E-state index is -0.516. The van der Waals surface area contributed by atoms with Gasteiger partial charge in [0.1, 0.15) is 5.69 Å². The molecule has 4 rings (SSSR count). The lowest BCUT2D eigenvalue weighted by atomic mass is 10.0. The first-order chi connectivity index (χ1) is 14.6. The monoisotopic (exact) mass is 400 g/mol. The average molecular weight is 400 g/mol. The van der Waals surface area contributed by atoms with E-state index in [2.05, 4.69) is 18.7 Å². The molecule has 6 heteroatoms. The molecule has 30 heavy (non-hydrogen) atoms. The first-order valence-electron chi connectivity index (χ1n) is 10.0. The Morgan fingerprint density at radius 1 is 1.03 bits per heavy atom. The highest BCUT2D eigenvalue weighted by Crippen LogP contribution is 2.29. The number of amides is 2. The van der Waals surface area contributed by atoms with E-state index in [1.54, 1.807) is 15.8 Å². The summed E-state index contributed by atoms with van der Waals surface area (Å²) >= 11 is 0. The molecule has 1 atom stereocenters. The first-order valence-corrected chi connectivity index (χ1v) is 10.0. The predicted octanol–water partition coefficient (Wildman–Crippen LogP) is 3.67. The van der Waals surface area contributed by atoms with Gasteiger partial charge in [0.25, 0.3) is 5.91 Å². The van der Waals surface area contributed by atoms with Gasteiger partial charge in [-0.25, -0.2) is 0 Å². The normalized spacial score (nSPS) is 16.3. The zero-order chi connectivity index (χ0) is 21.1. The Balaban J connectivity index is 1.64. The molecule has 2 N–H and O–H groups in total. The third-order valence-corrected chi connectivity index (χ3v) is 5.52. The Kier molecular flexibility index (Phi) is 5.48. The maximum atomic E-state index is 12.1. The Bertz CT molecular complexity index is 1070. The number of benzene rings is 2. The van der Waals surface area contributed by atoms with Gasteiger partial charge >= 0.3 is 0 Å². The summed E-state index contributed by atoms with van der Waals surface area (Å²) in [6, 6.07) is 18.0. The number of piperidine rings is 1. The van der Waals surface area contributed by atoms with Crippen LogP contribution in [0.1, 0.15) is 29.2 Å². The van der Waals surface area contributed by atoms with Gasteiger partial charge in [-0.1, -0.05) is 61.2 Å². The second kappa shape index (κ2) is 8.37. The molecular weight excluding hydrogens is 376 g/mol. The summed E-state index contributed by atoms with van der Waals surface area (Å²) in [6.45, 7) is 4.82. The third-order valence-electron chi connectivity index (χ3n) is 5.52. The van der Waals surface area contributed by atoms with Crippen LogP contribution in [0.25, 0.3) is 22.4 Å². The molecule has 0 spiro atoms. The van der Waals surface area contributed by atoms with Crippen LogP contribution in [0.15, 0.2) is 73.4 Å². The molecule has 0 bridgehead atoms. The number of hydrogen-bond acceptors (Lipinski definition) is 3. The van der Waals surface area contributed by atoms with Crippen molar-refractivity contribution >= 4 is 11.8 Å². The Labute approximate surface area is 175 Å². The fourth-order valence-corrected chi connectivity index (χ4v) is 3.92. The van der Waals surface area contributed by atoms with E-state index < -0.39 is 5.91 Å². The summed E-state index contributed by atoms with van der Waals surface area (Å²) in [7, 11) is 0. The molecule has 2 amide bonds. The van der Waals surface area contributed by atoms with E-state index in [0.29, 0.717) is 24.3 Å². The lowest BCUT2D eigenvalue weighted by Crippen LogP contribution is -2.40. The summed E-state index contributed by atoms with van der Waals surface area (Å²) in [4.78, 5) is 25.9. The molecule has 1 fully saturated rings. The Morgan fingerprint density at radius 3 is 2.37 bits per heavy atom. The molecule has 1 aliphatic heterocycles. The van der Waals surface area contributed by atoms with Crippen LogP contribution >= 0.6 is 0 Å². The highest BCUT2D eigenvalue weighted by Gasteiger charge is 2.26. The summed E-state index contributed by atoms with van der Waals surface area (Å²) in [5, 5.41) is 4.70. The van der Waals surface area contributed by atoms with E-state index in [0.717, 1.165) is 29.5 Å². The second-order valence-electron chi connectivity index (χ2n) is 7.46. The molecule has 0 radical (unpaired) electrons. The van der Waals surface area contributed by atoms with Gasteiger partial charge in [0, 0.05) is 24.8 Å². The molecule has 152 valence electrons. The zero-order valence-corrected chi connectivity index (χ0v) is 16.7. The number of carbonyl (C=O) groups excluding carboxylic acids is 2. The van der Waals surface area contributed by atoms with Crippen LogP contribution in [0.2, 0.25) is 0 Å². The van der Waals surface area contributed by atoms with Gasteiger partial charge in [0.05, 0.1) is 11.6 Å². The van der Waals surface area contributed by atoms with Gasteiger partial charge < -0.3 is 10.6 Å². The lowest BCUT2D eigenvalue weighted by molar-refractivity contribution is -0.127. The minimum Gasteiger partial charge on any atom is -0.365 e. The number of nitrogens with two attached hydrogens (primary N) is 1. The molecule has 2 aromatic carbocycles. The van der Waals surface area contributed by atoms with Crippen molar-refractivity contribution in [1.82, 2.24) is 14.7 Å². The van der Waals surface area contributed by atoms with Crippen LogP contribution in [-0.4, -0.2) is 39.6 Å². The summed E-state index contributed by atoms with van der Waals surface area (Å²) in [5.41, 5.74) is 9.63. The van der Waals surface area contributed by atoms with E-state index in [1.807, 2.05) is 42.5 Å². The molecule has 1 aromatic heterocycles. The second-order valence-corrected chi connectivity index (χ2v) is 7.46. The van der Waals surface area contributed by atoms with Gasteiger partial charge in [0.15, 0.2) is 0 Å². The van der Waals surface area contributed by atoms with Crippen LogP contribution in [-0.2, 0) is 4.79 Å².